The second kappa shape index (κ2) is 9.00. The van der Waals surface area contributed by atoms with E-state index in [0.29, 0.717) is 6.07 Å². The summed E-state index contributed by atoms with van der Waals surface area (Å²) in [7, 11) is -4.23. The van der Waals surface area contributed by atoms with Gasteiger partial charge in [0.25, 0.3) is 0 Å². The van der Waals surface area contributed by atoms with Gasteiger partial charge in [-0.1, -0.05) is 39.0 Å². The highest BCUT2D eigenvalue weighted by Crippen LogP contribution is 2.43. The number of benzene rings is 2. The largest absolute Gasteiger partial charge is 0.417 e. The van der Waals surface area contributed by atoms with E-state index in [1.54, 1.807) is 4.72 Å². The molecule has 1 aliphatic carbocycles. The number of nitrogens with one attached hydrogen (secondary N) is 1. The summed E-state index contributed by atoms with van der Waals surface area (Å²) in [6.45, 7) is 5.70. The van der Waals surface area contributed by atoms with Crippen molar-refractivity contribution in [3.63, 3.8) is 0 Å². The molecule has 4 rings (SSSR count). The average Bonchev–Trinajstić information content (AvgIpc) is 3.55. The van der Waals surface area contributed by atoms with Gasteiger partial charge in [0.15, 0.2) is 0 Å². The van der Waals surface area contributed by atoms with Crippen LogP contribution in [0.2, 0.25) is 0 Å². The molecule has 37 heavy (non-hydrogen) atoms. The minimum atomic E-state index is -4.97. The normalized spacial score (nSPS) is 16.4. The number of fused-ring (bicyclic) bond motifs is 1. The van der Waals surface area contributed by atoms with Crippen molar-refractivity contribution >= 4 is 20.9 Å². The number of hydrogen-bond donors (Lipinski definition) is 1. The Bertz CT molecular complexity index is 1430. The Morgan fingerprint density at radius 1 is 1.00 bits per heavy atom. The van der Waals surface area contributed by atoms with Crippen molar-refractivity contribution in [2.45, 2.75) is 63.8 Å². The predicted molar refractivity (Wildman–Crippen MR) is 126 cm³/mol. The molecule has 0 aliphatic heterocycles. The Labute approximate surface area is 209 Å². The Kier molecular flexibility index (Phi) is 6.68. The third kappa shape index (κ3) is 5.95. The molecule has 0 amide bonds. The van der Waals surface area contributed by atoms with E-state index in [9.17, 15) is 39.2 Å². The Hall–Kier alpha value is -2.60. The van der Waals surface area contributed by atoms with E-state index in [1.807, 2.05) is 20.8 Å². The molecular weight excluding hydrogens is 525 g/mol. The third-order valence-corrected chi connectivity index (χ3v) is 7.95. The Morgan fingerprint density at radius 2 is 1.65 bits per heavy atom. The summed E-state index contributed by atoms with van der Waals surface area (Å²) in [5, 5.41) is -0.837. The summed E-state index contributed by atoms with van der Waals surface area (Å²) in [4.78, 5) is 0. The van der Waals surface area contributed by atoms with Gasteiger partial charge < -0.3 is 4.57 Å². The van der Waals surface area contributed by atoms with Gasteiger partial charge in [-0.15, -0.1) is 0 Å². The fourth-order valence-corrected chi connectivity index (χ4v) is 5.85. The zero-order chi connectivity index (χ0) is 27.6. The topological polar surface area (TPSA) is 51.1 Å². The Balaban J connectivity index is 1.92. The lowest BCUT2D eigenvalue weighted by Gasteiger charge is -2.22. The van der Waals surface area contributed by atoms with Crippen LogP contribution in [0.1, 0.15) is 50.8 Å². The molecular formula is C25H25F7N2O2S. The maximum Gasteiger partial charge on any atom is 0.417 e. The zero-order valence-corrected chi connectivity index (χ0v) is 21.0. The molecule has 1 aliphatic rings. The standard InChI is InChI=1S/C25H25F7N2O2S/c1-23(2,3)13-34-12-19(22(25(30,31)32)33-37(35,36)16-6-7-16)18-8-4-14(10-21(18)34)17-9-5-15(26)11-20(17)24(27,28)29/h4-5,8-12,16,22,33H,6-7,13H2,1-3H3. The predicted octanol–water partition coefficient (Wildman–Crippen LogP) is 7.20. The van der Waals surface area contributed by atoms with Crippen LogP contribution in [0, 0.1) is 11.2 Å². The van der Waals surface area contributed by atoms with Crippen molar-refractivity contribution in [1.29, 1.82) is 0 Å². The molecule has 0 radical (unpaired) electrons. The molecule has 0 bridgehead atoms. The smallest absolute Gasteiger partial charge is 0.347 e. The number of aromatic nitrogens is 1. The van der Waals surface area contributed by atoms with Gasteiger partial charge in [0.1, 0.15) is 11.9 Å². The van der Waals surface area contributed by atoms with Crippen LogP contribution in [-0.2, 0) is 22.7 Å². The van der Waals surface area contributed by atoms with E-state index >= 15 is 0 Å². The van der Waals surface area contributed by atoms with E-state index in [2.05, 4.69) is 0 Å². The van der Waals surface area contributed by atoms with Crippen molar-refractivity contribution in [2.24, 2.45) is 5.41 Å². The number of hydrogen-bond acceptors (Lipinski definition) is 2. The fraction of sp³-hybridized carbons (Fsp3) is 0.440. The first-order chi connectivity index (χ1) is 16.9. The van der Waals surface area contributed by atoms with Crippen LogP contribution in [-0.4, -0.2) is 24.4 Å². The third-order valence-electron chi connectivity index (χ3n) is 6.04. The van der Waals surface area contributed by atoms with Gasteiger partial charge in [0.05, 0.1) is 10.8 Å². The molecule has 0 saturated heterocycles. The minimum Gasteiger partial charge on any atom is -0.347 e. The molecule has 12 heteroatoms. The highest BCUT2D eigenvalue weighted by Gasteiger charge is 2.48. The van der Waals surface area contributed by atoms with Crippen LogP contribution in [0.3, 0.4) is 0 Å². The van der Waals surface area contributed by atoms with Crippen molar-refractivity contribution in [3.05, 3.63) is 59.5 Å². The summed E-state index contributed by atoms with van der Waals surface area (Å²) in [6.07, 6.45) is -8.10. The molecule has 2 aromatic carbocycles. The van der Waals surface area contributed by atoms with E-state index in [0.717, 1.165) is 12.1 Å². The van der Waals surface area contributed by atoms with Gasteiger partial charge in [0.2, 0.25) is 10.0 Å². The highest BCUT2D eigenvalue weighted by atomic mass is 32.2. The summed E-state index contributed by atoms with van der Waals surface area (Å²) in [6, 6.07) is 3.46. The Morgan fingerprint density at radius 3 is 2.19 bits per heavy atom. The summed E-state index contributed by atoms with van der Waals surface area (Å²) >= 11 is 0. The first kappa shape index (κ1) is 27.4. The highest BCUT2D eigenvalue weighted by molar-refractivity contribution is 7.90. The zero-order valence-electron chi connectivity index (χ0n) is 20.1. The number of alkyl halides is 6. The van der Waals surface area contributed by atoms with Gasteiger partial charge in [-0.2, -0.15) is 31.1 Å². The second-order valence-corrected chi connectivity index (χ2v) is 12.5. The van der Waals surface area contributed by atoms with E-state index in [4.69, 9.17) is 0 Å². The van der Waals surface area contributed by atoms with Gasteiger partial charge in [-0.3, -0.25) is 0 Å². The van der Waals surface area contributed by atoms with E-state index in [1.165, 1.54) is 29.0 Å². The molecule has 0 spiro atoms. The summed E-state index contributed by atoms with van der Waals surface area (Å²) in [5.74, 6) is -1.08. The van der Waals surface area contributed by atoms with Gasteiger partial charge in [-0.05, 0) is 47.6 Å². The number of sulfonamides is 1. The van der Waals surface area contributed by atoms with Crippen LogP contribution >= 0.6 is 0 Å². The van der Waals surface area contributed by atoms with Crippen LogP contribution in [0.15, 0.2) is 42.6 Å². The first-order valence-electron chi connectivity index (χ1n) is 11.4. The van der Waals surface area contributed by atoms with Crippen LogP contribution in [0.5, 0.6) is 0 Å². The maximum absolute atomic E-state index is 14.2. The maximum atomic E-state index is 14.2. The molecule has 202 valence electrons. The lowest BCUT2D eigenvalue weighted by molar-refractivity contribution is -0.152. The van der Waals surface area contributed by atoms with Crippen LogP contribution in [0.25, 0.3) is 22.0 Å². The fourth-order valence-electron chi connectivity index (χ4n) is 4.31. The van der Waals surface area contributed by atoms with Crippen LogP contribution < -0.4 is 4.72 Å². The monoisotopic (exact) mass is 550 g/mol. The molecule has 1 N–H and O–H groups in total. The quantitative estimate of drug-likeness (QED) is 0.330. The van der Waals surface area contributed by atoms with E-state index < -0.39 is 50.5 Å². The molecule has 1 heterocycles. The number of rotatable bonds is 6. The first-order valence-corrected chi connectivity index (χ1v) is 13.0. The van der Waals surface area contributed by atoms with Crippen molar-refractivity contribution in [3.8, 4) is 11.1 Å². The number of nitrogens with zero attached hydrogens (tertiary/aromatic N) is 1. The lowest BCUT2D eigenvalue weighted by atomic mass is 9.96. The molecule has 1 atom stereocenters. The van der Waals surface area contributed by atoms with Crippen LogP contribution in [0.4, 0.5) is 30.7 Å². The lowest BCUT2D eigenvalue weighted by Crippen LogP contribution is -2.39. The van der Waals surface area contributed by atoms with E-state index in [-0.39, 0.29) is 47.0 Å². The van der Waals surface area contributed by atoms with Gasteiger partial charge in [-0.25, -0.2) is 12.8 Å². The number of halogens is 7. The summed E-state index contributed by atoms with van der Waals surface area (Å²) in [5.41, 5.74) is -2.11. The molecule has 3 aromatic rings. The molecule has 1 aromatic heterocycles. The molecule has 1 fully saturated rings. The van der Waals surface area contributed by atoms with Crippen molar-refractivity contribution < 1.29 is 39.2 Å². The molecule has 1 saturated carbocycles. The van der Waals surface area contributed by atoms with Crippen molar-refractivity contribution in [2.75, 3.05) is 0 Å². The SMILES string of the molecule is CC(C)(C)Cn1cc(C(NS(=O)(=O)C2CC2)C(F)(F)F)c2ccc(-c3ccc(F)cc3C(F)(F)F)cc21. The summed E-state index contributed by atoms with van der Waals surface area (Å²) < 4.78 is 125. The molecule has 4 nitrogen and oxygen atoms in total. The van der Waals surface area contributed by atoms with Gasteiger partial charge >= 0.3 is 12.4 Å². The van der Waals surface area contributed by atoms with Gasteiger partial charge in [0, 0.05) is 29.2 Å². The minimum absolute atomic E-state index is 0.0294. The average molecular weight is 551 g/mol. The van der Waals surface area contributed by atoms with Crippen molar-refractivity contribution in [1.82, 2.24) is 9.29 Å². The molecule has 1 unspecified atom stereocenters. The second-order valence-electron chi connectivity index (χ2n) is 10.5.